The molecule has 0 aliphatic heterocycles. The Kier molecular flexibility index (Phi) is 4.14. The molecule has 0 saturated carbocycles. The van der Waals surface area contributed by atoms with Crippen molar-refractivity contribution in [1.82, 2.24) is 14.3 Å². The number of aromatic nitrogens is 2. The summed E-state index contributed by atoms with van der Waals surface area (Å²) in [6.07, 6.45) is 1.66. The van der Waals surface area contributed by atoms with Crippen LogP contribution in [-0.4, -0.2) is 37.9 Å². The van der Waals surface area contributed by atoms with Gasteiger partial charge < -0.3 is 5.11 Å². The van der Waals surface area contributed by atoms with Gasteiger partial charge in [-0.3, -0.25) is 18.9 Å². The molecule has 2 aromatic heterocycles. The molecule has 6 heteroatoms. The number of pyridine rings is 1. The number of carbonyl (C=O) groups is 1. The lowest BCUT2D eigenvalue weighted by Crippen LogP contribution is -2.35. The maximum absolute atomic E-state index is 12.0. The summed E-state index contributed by atoms with van der Waals surface area (Å²) in [6.45, 7) is 4.09. The first kappa shape index (κ1) is 14.2. The molecule has 0 radical (unpaired) electrons. The Hall–Kier alpha value is -2.21. The maximum Gasteiger partial charge on any atom is 0.317 e. The van der Waals surface area contributed by atoms with Crippen molar-refractivity contribution in [1.29, 1.82) is 0 Å². The number of nitrogens with zero attached hydrogens (tertiary/aromatic N) is 3. The molecule has 0 aromatic carbocycles. The van der Waals surface area contributed by atoms with E-state index in [4.69, 9.17) is 5.11 Å². The molecule has 6 nitrogen and oxygen atoms in total. The van der Waals surface area contributed by atoms with Crippen LogP contribution in [0.4, 0.5) is 0 Å². The van der Waals surface area contributed by atoms with Gasteiger partial charge in [0.1, 0.15) is 5.65 Å². The topological polar surface area (TPSA) is 74.9 Å². The van der Waals surface area contributed by atoms with Crippen LogP contribution >= 0.6 is 0 Å². The highest BCUT2D eigenvalue weighted by Crippen LogP contribution is 2.06. The minimum Gasteiger partial charge on any atom is -0.480 e. The van der Waals surface area contributed by atoms with Crippen LogP contribution in [0.15, 0.2) is 35.3 Å². The number of aliphatic carboxylic acids is 1. The minimum absolute atomic E-state index is 0.0575. The van der Waals surface area contributed by atoms with E-state index in [2.05, 4.69) is 4.98 Å². The molecule has 0 atom stereocenters. The number of hydrogen-bond donors (Lipinski definition) is 1. The maximum atomic E-state index is 12.0. The normalized spacial score (nSPS) is 11.4. The molecule has 0 fully saturated rings. The van der Waals surface area contributed by atoms with E-state index >= 15 is 0 Å². The minimum atomic E-state index is -0.892. The second-order valence-corrected chi connectivity index (χ2v) is 4.91. The van der Waals surface area contributed by atoms with Crippen LogP contribution in [0.3, 0.4) is 0 Å². The van der Waals surface area contributed by atoms with Gasteiger partial charge in [0, 0.05) is 24.8 Å². The SMILES string of the molecule is CC(C)N(CC(=O)O)Cc1cc(=O)n2ccccc2n1. The Bertz CT molecular complexity index is 679. The first-order valence-corrected chi connectivity index (χ1v) is 6.40. The van der Waals surface area contributed by atoms with Crippen LogP contribution < -0.4 is 5.56 Å². The Labute approximate surface area is 116 Å². The molecule has 0 aliphatic rings. The molecule has 0 spiro atoms. The van der Waals surface area contributed by atoms with Gasteiger partial charge in [0.2, 0.25) is 0 Å². The van der Waals surface area contributed by atoms with Crippen LogP contribution in [0, 0.1) is 0 Å². The summed E-state index contributed by atoms with van der Waals surface area (Å²) in [4.78, 5) is 29.0. The summed E-state index contributed by atoms with van der Waals surface area (Å²) in [6, 6.07) is 6.83. The zero-order chi connectivity index (χ0) is 14.7. The van der Waals surface area contributed by atoms with Crippen molar-refractivity contribution in [3.8, 4) is 0 Å². The second-order valence-electron chi connectivity index (χ2n) is 4.91. The number of carboxylic acid groups (broad SMARTS) is 1. The predicted molar refractivity (Wildman–Crippen MR) is 74.6 cm³/mol. The van der Waals surface area contributed by atoms with Crippen LogP contribution in [0.1, 0.15) is 19.5 Å². The smallest absolute Gasteiger partial charge is 0.317 e. The molecule has 1 N–H and O–H groups in total. The van der Waals surface area contributed by atoms with E-state index in [1.807, 2.05) is 19.9 Å². The Morgan fingerprint density at radius 2 is 2.20 bits per heavy atom. The van der Waals surface area contributed by atoms with Gasteiger partial charge in [-0.1, -0.05) is 6.07 Å². The number of rotatable bonds is 5. The zero-order valence-electron chi connectivity index (χ0n) is 11.5. The summed E-state index contributed by atoms with van der Waals surface area (Å²) in [5.41, 5.74) is 0.981. The van der Waals surface area contributed by atoms with Gasteiger partial charge in [0.15, 0.2) is 0 Å². The predicted octanol–water partition coefficient (Wildman–Crippen LogP) is 0.989. The monoisotopic (exact) mass is 275 g/mol. The fourth-order valence-corrected chi connectivity index (χ4v) is 1.99. The van der Waals surface area contributed by atoms with Crippen LogP contribution in [0.2, 0.25) is 0 Å². The number of carboxylic acids is 1. The quantitative estimate of drug-likeness (QED) is 0.880. The standard InChI is InChI=1S/C14H17N3O3/c1-10(2)16(9-14(19)20)8-11-7-13(18)17-6-4-3-5-12(17)15-11/h3-7,10H,8-9H2,1-2H3,(H,19,20). The van der Waals surface area contributed by atoms with Crippen molar-refractivity contribution in [2.24, 2.45) is 0 Å². The van der Waals surface area contributed by atoms with E-state index in [1.165, 1.54) is 10.5 Å². The van der Waals surface area contributed by atoms with E-state index < -0.39 is 5.97 Å². The summed E-state index contributed by atoms with van der Waals surface area (Å²) >= 11 is 0. The van der Waals surface area contributed by atoms with Crippen molar-refractivity contribution in [2.45, 2.75) is 26.4 Å². The highest BCUT2D eigenvalue weighted by atomic mass is 16.4. The number of hydrogen-bond acceptors (Lipinski definition) is 4. The lowest BCUT2D eigenvalue weighted by Gasteiger charge is -2.23. The Balaban J connectivity index is 2.33. The summed E-state index contributed by atoms with van der Waals surface area (Å²) < 4.78 is 1.46. The average Bonchev–Trinajstić information content (AvgIpc) is 2.37. The Morgan fingerprint density at radius 3 is 2.85 bits per heavy atom. The molecule has 2 heterocycles. The lowest BCUT2D eigenvalue weighted by molar-refractivity contribution is -0.138. The van der Waals surface area contributed by atoms with Gasteiger partial charge >= 0.3 is 5.97 Å². The first-order valence-electron chi connectivity index (χ1n) is 6.40. The molecule has 2 aromatic rings. The highest BCUT2D eigenvalue weighted by Gasteiger charge is 2.15. The molecular formula is C14H17N3O3. The largest absolute Gasteiger partial charge is 0.480 e. The molecular weight excluding hydrogens is 258 g/mol. The third-order valence-corrected chi connectivity index (χ3v) is 3.06. The third kappa shape index (κ3) is 3.21. The zero-order valence-corrected chi connectivity index (χ0v) is 11.5. The first-order chi connectivity index (χ1) is 9.47. The van der Waals surface area contributed by atoms with Crippen molar-refractivity contribution in [3.05, 3.63) is 46.5 Å². The van der Waals surface area contributed by atoms with Crippen molar-refractivity contribution in [2.75, 3.05) is 6.54 Å². The average molecular weight is 275 g/mol. The van der Waals surface area contributed by atoms with Gasteiger partial charge in [0.05, 0.1) is 12.2 Å². The second kappa shape index (κ2) is 5.83. The van der Waals surface area contributed by atoms with Gasteiger partial charge in [-0.2, -0.15) is 0 Å². The molecule has 0 amide bonds. The Morgan fingerprint density at radius 1 is 1.45 bits per heavy atom. The van der Waals surface area contributed by atoms with Crippen LogP contribution in [0.5, 0.6) is 0 Å². The summed E-state index contributed by atoms with van der Waals surface area (Å²) in [5.74, 6) is -0.892. The van der Waals surface area contributed by atoms with Gasteiger partial charge in [0.25, 0.3) is 5.56 Å². The molecule has 0 aliphatic carbocycles. The fourth-order valence-electron chi connectivity index (χ4n) is 1.99. The van der Waals surface area contributed by atoms with E-state index in [0.717, 1.165) is 0 Å². The molecule has 0 unspecified atom stereocenters. The highest BCUT2D eigenvalue weighted by molar-refractivity contribution is 5.69. The fraction of sp³-hybridized carbons (Fsp3) is 0.357. The number of fused-ring (bicyclic) bond motifs is 1. The van der Waals surface area contributed by atoms with Crippen molar-refractivity contribution >= 4 is 11.6 Å². The lowest BCUT2D eigenvalue weighted by atomic mass is 10.2. The summed E-state index contributed by atoms with van der Waals surface area (Å²) in [7, 11) is 0. The molecule has 2 rings (SSSR count). The summed E-state index contributed by atoms with van der Waals surface area (Å²) in [5, 5.41) is 8.91. The van der Waals surface area contributed by atoms with Crippen LogP contribution in [-0.2, 0) is 11.3 Å². The van der Waals surface area contributed by atoms with E-state index in [9.17, 15) is 9.59 Å². The van der Waals surface area contributed by atoms with Gasteiger partial charge in [-0.05, 0) is 26.0 Å². The van der Waals surface area contributed by atoms with E-state index in [1.54, 1.807) is 23.2 Å². The van der Waals surface area contributed by atoms with Gasteiger partial charge in [-0.15, -0.1) is 0 Å². The van der Waals surface area contributed by atoms with Crippen LogP contribution in [0.25, 0.3) is 5.65 Å². The van der Waals surface area contributed by atoms with Gasteiger partial charge in [-0.25, -0.2) is 4.98 Å². The van der Waals surface area contributed by atoms with E-state index in [0.29, 0.717) is 17.9 Å². The van der Waals surface area contributed by atoms with E-state index in [-0.39, 0.29) is 18.1 Å². The molecule has 20 heavy (non-hydrogen) atoms. The molecule has 106 valence electrons. The van der Waals surface area contributed by atoms with Crippen molar-refractivity contribution < 1.29 is 9.90 Å². The third-order valence-electron chi connectivity index (χ3n) is 3.06. The van der Waals surface area contributed by atoms with Crippen molar-refractivity contribution in [3.63, 3.8) is 0 Å². The molecule has 0 bridgehead atoms. The molecule has 0 saturated heterocycles.